The summed E-state index contributed by atoms with van der Waals surface area (Å²) in [6, 6.07) is 4.77. The molecule has 2 rings (SSSR count). The van der Waals surface area contributed by atoms with Crippen molar-refractivity contribution in [1.29, 1.82) is 0 Å². The monoisotopic (exact) mass is 267 g/mol. The van der Waals surface area contributed by atoms with Crippen molar-refractivity contribution < 1.29 is 12.8 Å². The molecule has 94 valence electrons. The molecule has 0 fully saturated rings. The molecule has 0 aliphatic rings. The number of benzene rings is 1. The van der Waals surface area contributed by atoms with Gasteiger partial charge in [-0.1, -0.05) is 0 Å². The maximum Gasteiger partial charge on any atom is 0.185 e. The van der Waals surface area contributed by atoms with E-state index in [-0.39, 0.29) is 16.4 Å². The van der Waals surface area contributed by atoms with Crippen LogP contribution in [-0.4, -0.2) is 18.4 Å². The molecule has 0 radical (unpaired) electrons. The minimum absolute atomic E-state index is 0.0579. The second-order valence-electron chi connectivity index (χ2n) is 3.64. The zero-order chi connectivity index (χ0) is 13.2. The summed E-state index contributed by atoms with van der Waals surface area (Å²) < 4.78 is 37.1. The fourth-order valence-corrected chi connectivity index (χ4v) is 2.69. The number of nitrogens with two attached hydrogens (primary N) is 1. The summed E-state index contributed by atoms with van der Waals surface area (Å²) in [6.07, 6.45) is 2.88. The maximum absolute atomic E-state index is 13.1. The summed E-state index contributed by atoms with van der Waals surface area (Å²) in [5, 5.41) is 0. The van der Waals surface area contributed by atoms with E-state index in [2.05, 4.69) is 9.97 Å². The molecule has 1 aromatic carbocycles. The minimum atomic E-state index is -3.70. The number of hydrogen-bond acceptors (Lipinski definition) is 5. The van der Waals surface area contributed by atoms with Gasteiger partial charge in [-0.15, -0.1) is 0 Å². The Balaban J connectivity index is 2.37. The van der Waals surface area contributed by atoms with Crippen LogP contribution in [-0.2, 0) is 15.6 Å². The van der Waals surface area contributed by atoms with E-state index < -0.39 is 21.4 Å². The van der Waals surface area contributed by atoms with Crippen LogP contribution in [0.15, 0.2) is 41.6 Å². The fraction of sp³-hybridized carbons (Fsp3) is 0.0909. The lowest BCUT2D eigenvalue weighted by Crippen LogP contribution is -2.08. The van der Waals surface area contributed by atoms with Crippen molar-refractivity contribution in [3.05, 3.63) is 48.3 Å². The average Bonchev–Trinajstić information content (AvgIpc) is 2.28. The number of anilines is 1. The lowest BCUT2D eigenvalue weighted by molar-refractivity contribution is 0.589. The molecule has 0 saturated heterocycles. The minimum Gasteiger partial charge on any atom is -0.399 e. The van der Waals surface area contributed by atoms with Crippen LogP contribution in [0.4, 0.5) is 10.1 Å². The Morgan fingerprint density at radius 1 is 1.17 bits per heavy atom. The number of nitrogens with zero attached hydrogens (tertiary/aromatic N) is 2. The lowest BCUT2D eigenvalue weighted by Gasteiger charge is -2.04. The molecule has 1 aromatic heterocycles. The topological polar surface area (TPSA) is 85.9 Å². The van der Waals surface area contributed by atoms with Crippen LogP contribution in [0.3, 0.4) is 0 Å². The maximum atomic E-state index is 13.1. The van der Waals surface area contributed by atoms with Gasteiger partial charge < -0.3 is 5.73 Å². The summed E-state index contributed by atoms with van der Waals surface area (Å²) in [6.45, 7) is 0. The highest BCUT2D eigenvalue weighted by Gasteiger charge is 2.18. The van der Waals surface area contributed by atoms with E-state index in [1.165, 1.54) is 18.5 Å². The van der Waals surface area contributed by atoms with Gasteiger partial charge in [0.15, 0.2) is 9.84 Å². The van der Waals surface area contributed by atoms with E-state index in [1.54, 1.807) is 6.07 Å². The highest BCUT2D eigenvalue weighted by Crippen LogP contribution is 2.19. The first-order valence-corrected chi connectivity index (χ1v) is 6.67. The third kappa shape index (κ3) is 2.80. The quantitative estimate of drug-likeness (QED) is 0.844. The van der Waals surface area contributed by atoms with E-state index >= 15 is 0 Å². The largest absolute Gasteiger partial charge is 0.399 e. The van der Waals surface area contributed by atoms with Crippen LogP contribution in [0, 0.1) is 5.82 Å². The van der Waals surface area contributed by atoms with Gasteiger partial charge in [-0.2, -0.15) is 0 Å². The van der Waals surface area contributed by atoms with Crippen molar-refractivity contribution in [3.8, 4) is 0 Å². The Hall–Kier alpha value is -2.02. The van der Waals surface area contributed by atoms with E-state index in [0.29, 0.717) is 0 Å². The lowest BCUT2D eigenvalue weighted by atomic mass is 10.3. The molecule has 2 N–H and O–H groups in total. The summed E-state index contributed by atoms with van der Waals surface area (Å²) in [5.74, 6) is -0.931. The molecule has 7 heteroatoms. The molecule has 0 spiro atoms. The molecule has 0 unspecified atom stereocenters. The molecular formula is C11H10FN3O2S. The Morgan fingerprint density at radius 2 is 1.83 bits per heavy atom. The molecular weight excluding hydrogens is 257 g/mol. The molecule has 0 amide bonds. The molecule has 18 heavy (non-hydrogen) atoms. The SMILES string of the molecule is Nc1cc(F)cc(S(=O)(=O)Cc2ncccn2)c1. The van der Waals surface area contributed by atoms with Crippen LogP contribution in [0.1, 0.15) is 5.82 Å². The fourth-order valence-electron chi connectivity index (χ4n) is 1.42. The van der Waals surface area contributed by atoms with Gasteiger partial charge in [0.1, 0.15) is 17.4 Å². The number of sulfone groups is 1. The normalized spacial score (nSPS) is 11.4. The van der Waals surface area contributed by atoms with Gasteiger partial charge in [0.2, 0.25) is 0 Å². The van der Waals surface area contributed by atoms with Crippen LogP contribution in [0.25, 0.3) is 0 Å². The van der Waals surface area contributed by atoms with E-state index in [9.17, 15) is 12.8 Å². The van der Waals surface area contributed by atoms with Crippen LogP contribution in [0.2, 0.25) is 0 Å². The van der Waals surface area contributed by atoms with Crippen LogP contribution >= 0.6 is 0 Å². The van der Waals surface area contributed by atoms with Gasteiger partial charge in [0.05, 0.1) is 4.90 Å². The van der Waals surface area contributed by atoms with Crippen molar-refractivity contribution in [2.24, 2.45) is 0 Å². The zero-order valence-electron chi connectivity index (χ0n) is 9.25. The summed E-state index contributed by atoms with van der Waals surface area (Å²) in [5.41, 5.74) is 5.47. The first kappa shape index (κ1) is 12.4. The Morgan fingerprint density at radius 3 is 2.44 bits per heavy atom. The number of halogens is 1. The zero-order valence-corrected chi connectivity index (χ0v) is 10.1. The van der Waals surface area contributed by atoms with Gasteiger partial charge in [-0.3, -0.25) is 0 Å². The second-order valence-corrected chi connectivity index (χ2v) is 5.63. The van der Waals surface area contributed by atoms with E-state index in [4.69, 9.17) is 5.73 Å². The Kier molecular flexibility index (Phi) is 3.24. The highest BCUT2D eigenvalue weighted by atomic mass is 32.2. The average molecular weight is 267 g/mol. The third-order valence-electron chi connectivity index (χ3n) is 2.19. The van der Waals surface area contributed by atoms with Crippen LogP contribution in [0.5, 0.6) is 0 Å². The molecule has 0 atom stereocenters. The Labute approximate surface area is 103 Å². The Bertz CT molecular complexity index is 639. The van der Waals surface area contributed by atoms with Gasteiger partial charge >= 0.3 is 0 Å². The molecule has 0 bridgehead atoms. The van der Waals surface area contributed by atoms with Crippen molar-refractivity contribution >= 4 is 15.5 Å². The van der Waals surface area contributed by atoms with Gasteiger partial charge in [-0.25, -0.2) is 22.8 Å². The van der Waals surface area contributed by atoms with Crippen molar-refractivity contribution in [2.75, 3.05) is 5.73 Å². The summed E-state index contributed by atoms with van der Waals surface area (Å²) in [4.78, 5) is 7.46. The molecule has 1 heterocycles. The van der Waals surface area contributed by atoms with Gasteiger partial charge in [0.25, 0.3) is 0 Å². The third-order valence-corrected chi connectivity index (χ3v) is 3.78. The molecule has 0 aliphatic heterocycles. The summed E-state index contributed by atoms with van der Waals surface area (Å²) >= 11 is 0. The standard InChI is InChI=1S/C11H10FN3O2S/c12-8-4-9(13)6-10(5-8)18(16,17)7-11-14-2-1-3-15-11/h1-6H,7,13H2. The van der Waals surface area contributed by atoms with Crippen molar-refractivity contribution in [3.63, 3.8) is 0 Å². The first-order chi connectivity index (χ1) is 8.47. The first-order valence-electron chi connectivity index (χ1n) is 5.02. The predicted molar refractivity (Wildman–Crippen MR) is 63.7 cm³/mol. The van der Waals surface area contributed by atoms with E-state index in [0.717, 1.165) is 12.1 Å². The second kappa shape index (κ2) is 4.69. The number of rotatable bonds is 3. The predicted octanol–water partition coefficient (Wildman–Crippen LogP) is 1.17. The number of aromatic nitrogens is 2. The van der Waals surface area contributed by atoms with Gasteiger partial charge in [-0.05, 0) is 24.3 Å². The molecule has 5 nitrogen and oxygen atoms in total. The number of hydrogen-bond donors (Lipinski definition) is 1. The number of nitrogen functional groups attached to an aromatic ring is 1. The van der Waals surface area contributed by atoms with Crippen molar-refractivity contribution in [1.82, 2.24) is 9.97 Å². The molecule has 2 aromatic rings. The van der Waals surface area contributed by atoms with Gasteiger partial charge in [0, 0.05) is 18.1 Å². The highest BCUT2D eigenvalue weighted by molar-refractivity contribution is 7.90. The van der Waals surface area contributed by atoms with E-state index in [1.807, 2.05) is 0 Å². The van der Waals surface area contributed by atoms with Crippen molar-refractivity contribution in [2.45, 2.75) is 10.6 Å². The smallest absolute Gasteiger partial charge is 0.185 e. The molecule has 0 aliphatic carbocycles. The van der Waals surface area contributed by atoms with Crippen LogP contribution < -0.4 is 5.73 Å². The molecule has 0 saturated carbocycles. The summed E-state index contributed by atoms with van der Waals surface area (Å²) in [7, 11) is -3.70.